The topological polar surface area (TPSA) is 105 Å². The van der Waals surface area contributed by atoms with Crippen LogP contribution in [0.2, 0.25) is 0 Å². The van der Waals surface area contributed by atoms with E-state index < -0.39 is 27.0 Å². The van der Waals surface area contributed by atoms with Crippen molar-refractivity contribution in [2.24, 2.45) is 0 Å². The molecule has 0 saturated carbocycles. The smallest absolute Gasteiger partial charge is 0.268 e. The van der Waals surface area contributed by atoms with Crippen LogP contribution in [-0.2, 0) is 14.6 Å². The summed E-state index contributed by atoms with van der Waals surface area (Å²) in [6.45, 7) is 0. The first-order chi connectivity index (χ1) is 15.8. The van der Waals surface area contributed by atoms with Crippen molar-refractivity contribution in [1.29, 1.82) is 0 Å². The maximum absolute atomic E-state index is 13.0. The highest BCUT2D eigenvalue weighted by Gasteiger charge is 2.33. The van der Waals surface area contributed by atoms with E-state index in [1.807, 2.05) is 24.3 Å². The molecule has 7 nitrogen and oxygen atoms in total. The minimum absolute atomic E-state index is 0.0299. The summed E-state index contributed by atoms with van der Waals surface area (Å²) >= 11 is 3.39. The fraction of sp³-hybridized carbons (Fsp3) is 0.167. The maximum atomic E-state index is 13.0. The lowest BCUT2D eigenvalue weighted by Gasteiger charge is -2.15. The molecule has 1 aliphatic heterocycles. The first kappa shape index (κ1) is 23.0. The molecule has 3 aromatic rings. The summed E-state index contributed by atoms with van der Waals surface area (Å²) in [5.41, 5.74) is 1.09. The molecule has 0 aliphatic carbocycles. The molecule has 170 valence electrons. The zero-order valence-electron chi connectivity index (χ0n) is 17.5. The highest BCUT2D eigenvalue weighted by Crippen LogP contribution is 2.25. The van der Waals surface area contributed by atoms with Crippen molar-refractivity contribution in [2.45, 2.75) is 18.2 Å². The van der Waals surface area contributed by atoms with Crippen molar-refractivity contribution in [3.8, 4) is 11.3 Å². The first-order valence-corrected chi connectivity index (χ1v) is 12.8. The fourth-order valence-corrected chi connectivity index (χ4v) is 5.39. The molecule has 0 spiro atoms. The van der Waals surface area contributed by atoms with E-state index in [4.69, 9.17) is 4.42 Å². The van der Waals surface area contributed by atoms with Crippen LogP contribution in [0.15, 0.2) is 81.3 Å². The molecule has 0 bridgehead atoms. The number of amides is 2. The van der Waals surface area contributed by atoms with Gasteiger partial charge in [0.05, 0.1) is 5.75 Å². The predicted octanol–water partition coefficient (Wildman–Crippen LogP) is 4.13. The van der Waals surface area contributed by atoms with Crippen LogP contribution in [-0.4, -0.2) is 31.4 Å². The molecule has 0 unspecified atom stereocenters. The number of hydrogen-bond donors (Lipinski definition) is 2. The van der Waals surface area contributed by atoms with Crippen molar-refractivity contribution in [1.82, 2.24) is 10.6 Å². The summed E-state index contributed by atoms with van der Waals surface area (Å²) in [6, 6.07) is 19.4. The third-order valence-corrected chi connectivity index (χ3v) is 7.80. The van der Waals surface area contributed by atoms with Gasteiger partial charge in [-0.15, -0.1) is 0 Å². The van der Waals surface area contributed by atoms with Crippen molar-refractivity contribution < 1.29 is 22.4 Å². The van der Waals surface area contributed by atoms with Crippen molar-refractivity contribution in [2.75, 3.05) is 5.75 Å². The van der Waals surface area contributed by atoms with Gasteiger partial charge in [0.1, 0.15) is 22.6 Å². The summed E-state index contributed by atoms with van der Waals surface area (Å²) in [6.07, 6.45) is 2.21. The molecular formula is C24H21BrN2O5S. The van der Waals surface area contributed by atoms with Crippen molar-refractivity contribution in [3.05, 3.63) is 88.2 Å². The summed E-state index contributed by atoms with van der Waals surface area (Å²) in [4.78, 5) is 25.7. The van der Waals surface area contributed by atoms with Crippen LogP contribution in [0.4, 0.5) is 0 Å². The van der Waals surface area contributed by atoms with E-state index in [0.29, 0.717) is 29.9 Å². The van der Waals surface area contributed by atoms with E-state index in [-0.39, 0.29) is 11.4 Å². The molecule has 4 rings (SSSR count). The Kier molecular flexibility index (Phi) is 6.80. The quantitative estimate of drug-likeness (QED) is 0.468. The highest BCUT2D eigenvalue weighted by molar-refractivity contribution is 9.10. The van der Waals surface area contributed by atoms with Crippen LogP contribution in [0.1, 0.15) is 29.0 Å². The predicted molar refractivity (Wildman–Crippen MR) is 129 cm³/mol. The van der Waals surface area contributed by atoms with Crippen LogP contribution in [0.25, 0.3) is 17.4 Å². The summed E-state index contributed by atoms with van der Waals surface area (Å²) in [5.74, 6) is -0.244. The molecule has 2 amide bonds. The number of benzene rings is 2. The van der Waals surface area contributed by atoms with Gasteiger partial charge in [-0.1, -0.05) is 46.3 Å². The third-order valence-electron chi connectivity index (χ3n) is 5.19. The van der Waals surface area contributed by atoms with E-state index >= 15 is 0 Å². The normalized spacial score (nSPS) is 17.5. The number of hydrogen-bond acceptors (Lipinski definition) is 5. The standard InChI is InChI=1S/C24H21BrN2O5S/c25-18-10-8-16(9-11-18)21-13-12-19(32-21)15-20(26-23(28)17-5-2-1-3-6-17)24(29)27-22-7-4-14-33(22,30)31/h1-3,5-6,8-13,15,22H,4,7,14H2,(H,26,28)(H,27,29)/b20-15+/t22-/m1/s1. The van der Waals surface area contributed by atoms with E-state index in [1.54, 1.807) is 42.5 Å². The summed E-state index contributed by atoms with van der Waals surface area (Å²) in [7, 11) is -3.40. The average Bonchev–Trinajstić information content (AvgIpc) is 3.40. The van der Waals surface area contributed by atoms with Gasteiger partial charge in [0.25, 0.3) is 11.8 Å². The van der Waals surface area contributed by atoms with E-state index in [1.165, 1.54) is 6.08 Å². The minimum atomic E-state index is -3.40. The van der Waals surface area contributed by atoms with Gasteiger partial charge in [-0.3, -0.25) is 9.59 Å². The number of carbonyl (C=O) groups excluding carboxylic acids is 2. The van der Waals surface area contributed by atoms with Crippen LogP contribution in [0, 0.1) is 0 Å². The Bertz CT molecular complexity index is 1300. The molecule has 0 radical (unpaired) electrons. The number of sulfone groups is 1. The monoisotopic (exact) mass is 528 g/mol. The van der Waals surface area contributed by atoms with Gasteiger partial charge in [-0.25, -0.2) is 8.42 Å². The molecule has 33 heavy (non-hydrogen) atoms. The lowest BCUT2D eigenvalue weighted by Crippen LogP contribution is -2.42. The van der Waals surface area contributed by atoms with Crippen LogP contribution in [0.5, 0.6) is 0 Å². The second-order valence-corrected chi connectivity index (χ2v) is 10.8. The third kappa shape index (κ3) is 5.61. The van der Waals surface area contributed by atoms with Gasteiger partial charge in [-0.2, -0.15) is 0 Å². The van der Waals surface area contributed by atoms with Gasteiger partial charge >= 0.3 is 0 Å². The molecular weight excluding hydrogens is 508 g/mol. The second-order valence-electron chi connectivity index (χ2n) is 7.56. The highest BCUT2D eigenvalue weighted by atomic mass is 79.9. The van der Waals surface area contributed by atoms with Gasteiger partial charge in [0.15, 0.2) is 9.84 Å². The van der Waals surface area contributed by atoms with E-state index in [2.05, 4.69) is 26.6 Å². The Morgan fingerprint density at radius 3 is 2.39 bits per heavy atom. The number of halogens is 1. The van der Waals surface area contributed by atoms with Gasteiger partial charge in [0, 0.05) is 21.7 Å². The molecule has 1 aromatic heterocycles. The van der Waals surface area contributed by atoms with E-state index in [0.717, 1.165) is 10.0 Å². The fourth-order valence-electron chi connectivity index (χ4n) is 3.46. The van der Waals surface area contributed by atoms with Gasteiger partial charge in [0.2, 0.25) is 0 Å². The zero-order valence-corrected chi connectivity index (χ0v) is 19.9. The lowest BCUT2D eigenvalue weighted by molar-refractivity contribution is -0.118. The summed E-state index contributed by atoms with van der Waals surface area (Å²) < 4.78 is 31.1. The number of nitrogens with one attached hydrogen (secondary N) is 2. The maximum Gasteiger partial charge on any atom is 0.268 e. The molecule has 1 saturated heterocycles. The second kappa shape index (κ2) is 9.76. The Balaban J connectivity index is 1.61. The molecule has 2 aromatic carbocycles. The first-order valence-electron chi connectivity index (χ1n) is 10.3. The molecule has 2 heterocycles. The van der Waals surface area contributed by atoms with Crippen molar-refractivity contribution in [3.63, 3.8) is 0 Å². The largest absolute Gasteiger partial charge is 0.457 e. The lowest BCUT2D eigenvalue weighted by atomic mass is 10.2. The van der Waals surface area contributed by atoms with Crippen LogP contribution >= 0.6 is 15.9 Å². The number of furan rings is 1. The van der Waals surface area contributed by atoms with Crippen LogP contribution in [0.3, 0.4) is 0 Å². The van der Waals surface area contributed by atoms with E-state index in [9.17, 15) is 18.0 Å². The molecule has 1 fully saturated rings. The number of carbonyl (C=O) groups is 2. The number of rotatable bonds is 6. The van der Waals surface area contributed by atoms with Gasteiger partial charge < -0.3 is 15.1 Å². The Morgan fingerprint density at radius 1 is 1.00 bits per heavy atom. The molecule has 1 aliphatic rings. The molecule has 1 atom stereocenters. The minimum Gasteiger partial charge on any atom is -0.457 e. The molecule has 2 N–H and O–H groups in total. The summed E-state index contributed by atoms with van der Waals surface area (Å²) in [5, 5.41) is 4.15. The Morgan fingerprint density at radius 2 is 1.73 bits per heavy atom. The molecule has 9 heteroatoms. The average molecular weight is 529 g/mol. The zero-order chi connectivity index (χ0) is 23.4. The Labute approximate surface area is 199 Å². The van der Waals surface area contributed by atoms with Crippen molar-refractivity contribution >= 4 is 43.7 Å². The van der Waals surface area contributed by atoms with Crippen LogP contribution < -0.4 is 10.6 Å². The Hall–Kier alpha value is -3.17. The van der Waals surface area contributed by atoms with Gasteiger partial charge in [-0.05, 0) is 49.2 Å². The SMILES string of the molecule is O=C(N[C@H]1CCCS1(=O)=O)/C(=C\c1ccc(-c2ccc(Br)cc2)o1)NC(=O)c1ccccc1.